The number of phosphoric ester groups is 1. The van der Waals surface area contributed by atoms with Crippen molar-refractivity contribution in [2.75, 3.05) is 40.9 Å². The molecule has 3 N–H and O–H groups in total. The predicted octanol–water partition coefficient (Wildman–Crippen LogP) is 19.0. The zero-order valence-electron chi connectivity index (χ0n) is 47.8. The number of quaternary nitrogens is 1. The van der Waals surface area contributed by atoms with Crippen molar-refractivity contribution in [1.29, 1.82) is 0 Å². The summed E-state index contributed by atoms with van der Waals surface area (Å²) in [6, 6.07) is -0.759. The number of hydrogen-bond donors (Lipinski definition) is 3. The second-order valence-corrected chi connectivity index (χ2v) is 24.2. The van der Waals surface area contributed by atoms with Gasteiger partial charge in [-0.25, -0.2) is 4.57 Å². The molecule has 3 unspecified atom stereocenters. The van der Waals surface area contributed by atoms with Gasteiger partial charge in [0.25, 0.3) is 0 Å². The number of hydrogen-bond acceptors (Lipinski definition) is 5. The van der Waals surface area contributed by atoms with Crippen LogP contribution in [0.3, 0.4) is 0 Å². The van der Waals surface area contributed by atoms with Crippen LogP contribution < -0.4 is 5.32 Å². The Kier molecular flexibility index (Phi) is 52.5. The van der Waals surface area contributed by atoms with Gasteiger partial charge in [-0.3, -0.25) is 13.8 Å². The van der Waals surface area contributed by atoms with Gasteiger partial charge in [0.2, 0.25) is 5.91 Å². The van der Waals surface area contributed by atoms with Crippen molar-refractivity contribution >= 4 is 13.7 Å². The second kappa shape index (κ2) is 53.1. The van der Waals surface area contributed by atoms with Crippen LogP contribution in [0.2, 0.25) is 0 Å². The molecule has 3 atom stereocenters. The van der Waals surface area contributed by atoms with Crippen LogP contribution in [0.4, 0.5) is 0 Å². The Bertz CT molecular complexity index is 1150. The molecule has 0 aromatic rings. The molecule has 0 saturated carbocycles. The highest BCUT2D eigenvalue weighted by Crippen LogP contribution is 2.43. The lowest BCUT2D eigenvalue weighted by molar-refractivity contribution is -0.870. The molecule has 1 amide bonds. The van der Waals surface area contributed by atoms with Gasteiger partial charge >= 0.3 is 7.82 Å². The lowest BCUT2D eigenvalue weighted by atomic mass is 10.0. The Balaban J connectivity index is 4.10. The van der Waals surface area contributed by atoms with Gasteiger partial charge in [-0.2, -0.15) is 0 Å². The van der Waals surface area contributed by atoms with Gasteiger partial charge in [0, 0.05) is 6.42 Å². The van der Waals surface area contributed by atoms with E-state index in [4.69, 9.17) is 9.05 Å². The zero-order chi connectivity index (χ0) is 51.3. The van der Waals surface area contributed by atoms with Crippen LogP contribution in [0.1, 0.15) is 322 Å². The van der Waals surface area contributed by atoms with E-state index < -0.39 is 20.0 Å². The highest BCUT2D eigenvalue weighted by molar-refractivity contribution is 7.47. The number of likely N-dealkylation sites (N-methyl/N-ethyl adjacent to an activating group) is 1. The number of aliphatic hydroxyl groups excluding tert-OH is 1. The summed E-state index contributed by atoms with van der Waals surface area (Å²) >= 11 is 0. The number of carbonyl (C=O) groups excluding carboxylic acids is 1. The normalized spacial score (nSPS) is 13.9. The third-order valence-corrected chi connectivity index (χ3v) is 15.5. The van der Waals surface area contributed by atoms with Crippen LogP contribution in [0.25, 0.3) is 0 Å². The summed E-state index contributed by atoms with van der Waals surface area (Å²) in [5, 5.41) is 14.1. The maximum Gasteiger partial charge on any atom is 0.472 e. The monoisotopic (exact) mass is 1010 g/mol. The molecule has 0 rings (SSSR count). The fraction of sp³-hybridized carbons (Fsp3) is 0.951. The minimum atomic E-state index is -4.32. The largest absolute Gasteiger partial charge is 0.472 e. The topological polar surface area (TPSA) is 105 Å². The van der Waals surface area contributed by atoms with Crippen LogP contribution in [-0.4, -0.2) is 73.4 Å². The van der Waals surface area contributed by atoms with Crippen molar-refractivity contribution in [2.45, 2.75) is 334 Å². The fourth-order valence-electron chi connectivity index (χ4n) is 9.63. The molecule has 0 spiro atoms. The Labute approximate surface area is 437 Å². The summed E-state index contributed by atoms with van der Waals surface area (Å²) in [6.45, 7) is 4.94. The summed E-state index contributed by atoms with van der Waals surface area (Å²) < 4.78 is 23.8. The molecule has 9 heteroatoms. The molecule has 418 valence electrons. The number of aliphatic hydroxyl groups is 1. The summed E-state index contributed by atoms with van der Waals surface area (Å²) in [6.07, 6.45) is 65.6. The zero-order valence-corrected chi connectivity index (χ0v) is 48.7. The van der Waals surface area contributed by atoms with Crippen molar-refractivity contribution in [1.82, 2.24) is 5.32 Å². The van der Waals surface area contributed by atoms with E-state index in [2.05, 4.69) is 31.3 Å². The van der Waals surface area contributed by atoms with Gasteiger partial charge in [0.15, 0.2) is 0 Å². The fourth-order valence-corrected chi connectivity index (χ4v) is 10.4. The van der Waals surface area contributed by atoms with Crippen molar-refractivity contribution in [3.63, 3.8) is 0 Å². The smallest absolute Gasteiger partial charge is 0.391 e. The first kappa shape index (κ1) is 69.2. The molecule has 0 fully saturated rings. The maximum atomic E-state index is 13.0. The van der Waals surface area contributed by atoms with Crippen molar-refractivity contribution in [3.05, 3.63) is 12.2 Å². The summed E-state index contributed by atoms with van der Waals surface area (Å²) in [5.74, 6) is -0.139. The molecule has 0 aliphatic rings. The number of phosphoric acid groups is 1. The molecule has 0 saturated heterocycles. The van der Waals surface area contributed by atoms with Crippen molar-refractivity contribution < 1.29 is 32.9 Å². The average Bonchev–Trinajstić information content (AvgIpc) is 3.32. The molecule has 0 aromatic heterocycles. The van der Waals surface area contributed by atoms with Crippen LogP contribution >= 0.6 is 7.82 Å². The van der Waals surface area contributed by atoms with E-state index in [9.17, 15) is 19.4 Å². The molecular formula is C61H124N2O6P+. The number of carbonyl (C=O) groups is 1. The molecular weight excluding hydrogens is 888 g/mol. The average molecular weight is 1010 g/mol. The van der Waals surface area contributed by atoms with Crippen LogP contribution in [-0.2, 0) is 18.4 Å². The Hall–Kier alpha value is -0.760. The number of nitrogens with one attached hydrogen (secondary N) is 1. The molecule has 0 aromatic carbocycles. The third kappa shape index (κ3) is 55.0. The molecule has 0 radical (unpaired) electrons. The van der Waals surface area contributed by atoms with E-state index in [1.54, 1.807) is 0 Å². The quantitative estimate of drug-likeness (QED) is 0.0243. The standard InChI is InChI=1S/C61H123N2O6P/c1-6-8-10-12-14-16-18-20-22-24-26-28-30-31-32-33-35-37-39-41-43-45-47-49-51-53-55-61(65)62-59(58-69-70(66,67)68-57-56-63(3,4)5)60(64)54-52-50-48-46-44-42-40-38-36-34-29-27-25-23-21-19-17-15-13-11-9-7-2/h31-32,59-60,64H,6-30,33-58H2,1-5H3,(H-,62,65,66,67)/p+1/b32-31-. The Morgan fingerprint density at radius 1 is 0.471 bits per heavy atom. The minimum Gasteiger partial charge on any atom is -0.391 e. The van der Waals surface area contributed by atoms with Crippen molar-refractivity contribution in [3.8, 4) is 0 Å². The molecule has 0 aliphatic carbocycles. The summed E-state index contributed by atoms with van der Waals surface area (Å²) in [4.78, 5) is 23.4. The van der Waals surface area contributed by atoms with Gasteiger partial charge in [0.05, 0.1) is 39.9 Å². The lowest BCUT2D eigenvalue weighted by Gasteiger charge is -2.26. The van der Waals surface area contributed by atoms with Gasteiger partial charge in [-0.05, 0) is 38.5 Å². The van der Waals surface area contributed by atoms with E-state index in [0.29, 0.717) is 23.9 Å². The molecule has 8 nitrogen and oxygen atoms in total. The highest BCUT2D eigenvalue weighted by atomic mass is 31.2. The number of unbranched alkanes of at least 4 members (excludes halogenated alkanes) is 43. The van der Waals surface area contributed by atoms with Gasteiger partial charge in [-0.15, -0.1) is 0 Å². The SMILES string of the molecule is CCCCCCCCCCCCCC/C=C\CCCCCCCCCCCCC(=O)NC(COP(=O)(O)OCC[N+](C)(C)C)C(O)CCCCCCCCCCCCCCCCCCCCCCCC. The first-order valence-electron chi connectivity index (χ1n) is 31.1. The van der Waals surface area contributed by atoms with Gasteiger partial charge in [0.1, 0.15) is 13.2 Å². The Morgan fingerprint density at radius 3 is 1.10 bits per heavy atom. The van der Waals surface area contributed by atoms with E-state index in [1.807, 2.05) is 21.1 Å². The molecule has 0 bridgehead atoms. The highest BCUT2D eigenvalue weighted by Gasteiger charge is 2.28. The number of rotatable bonds is 58. The summed E-state index contributed by atoms with van der Waals surface area (Å²) in [5.41, 5.74) is 0. The lowest BCUT2D eigenvalue weighted by Crippen LogP contribution is -2.46. The number of amides is 1. The second-order valence-electron chi connectivity index (χ2n) is 22.8. The first-order chi connectivity index (χ1) is 34.0. The third-order valence-electron chi connectivity index (χ3n) is 14.5. The van der Waals surface area contributed by atoms with E-state index in [1.165, 1.54) is 257 Å². The predicted molar refractivity (Wildman–Crippen MR) is 305 cm³/mol. The number of nitrogens with zero attached hydrogens (tertiary/aromatic N) is 1. The van der Waals surface area contributed by atoms with Crippen LogP contribution in [0, 0.1) is 0 Å². The van der Waals surface area contributed by atoms with E-state index >= 15 is 0 Å². The Morgan fingerprint density at radius 2 is 0.771 bits per heavy atom. The molecule has 0 heterocycles. The summed E-state index contributed by atoms with van der Waals surface area (Å²) in [7, 11) is 1.63. The van der Waals surface area contributed by atoms with Gasteiger partial charge < -0.3 is 19.8 Å². The van der Waals surface area contributed by atoms with E-state index in [-0.39, 0.29) is 19.1 Å². The van der Waals surface area contributed by atoms with Crippen LogP contribution in [0.5, 0.6) is 0 Å². The first-order valence-corrected chi connectivity index (χ1v) is 32.5. The van der Waals surface area contributed by atoms with Gasteiger partial charge in [-0.1, -0.05) is 289 Å². The molecule has 0 aliphatic heterocycles. The van der Waals surface area contributed by atoms with Crippen molar-refractivity contribution in [2.24, 2.45) is 0 Å². The van der Waals surface area contributed by atoms with E-state index in [0.717, 1.165) is 38.5 Å². The minimum absolute atomic E-state index is 0.0771. The van der Waals surface area contributed by atoms with Crippen LogP contribution in [0.15, 0.2) is 12.2 Å². The molecule has 70 heavy (non-hydrogen) atoms. The number of allylic oxidation sites excluding steroid dienone is 2. The maximum absolute atomic E-state index is 13.0.